The first-order valence-electron chi connectivity index (χ1n) is 7.23. The number of fused-ring (bicyclic) bond motifs is 1. The monoisotopic (exact) mass is 271 g/mol. The van der Waals surface area contributed by atoms with Gasteiger partial charge in [-0.15, -0.1) is 0 Å². The van der Waals surface area contributed by atoms with Crippen molar-refractivity contribution >= 4 is 0 Å². The molecule has 0 fully saturated rings. The molecule has 0 saturated heterocycles. The standard InChI is InChI=1S/C16H21N3O/c1-17-11-15-10-16(20-18-15)12-19-8-6-13-4-2-3-5-14(13)7-9-19/h2-5,10,17H,6-9,11-12H2,1H3. The molecular formula is C16H21N3O. The van der Waals surface area contributed by atoms with E-state index in [-0.39, 0.29) is 0 Å². The van der Waals surface area contributed by atoms with Gasteiger partial charge in [-0.3, -0.25) is 4.90 Å². The summed E-state index contributed by atoms with van der Waals surface area (Å²) in [5, 5.41) is 7.16. The highest BCUT2D eigenvalue weighted by Gasteiger charge is 2.15. The van der Waals surface area contributed by atoms with Crippen LogP contribution in [0.2, 0.25) is 0 Å². The van der Waals surface area contributed by atoms with Gasteiger partial charge in [-0.1, -0.05) is 29.4 Å². The summed E-state index contributed by atoms with van der Waals surface area (Å²) >= 11 is 0. The molecule has 1 N–H and O–H groups in total. The van der Waals surface area contributed by atoms with E-state index >= 15 is 0 Å². The van der Waals surface area contributed by atoms with Crippen LogP contribution in [0.5, 0.6) is 0 Å². The van der Waals surface area contributed by atoms with Crippen LogP contribution in [0.3, 0.4) is 0 Å². The van der Waals surface area contributed by atoms with Crippen LogP contribution in [0.25, 0.3) is 0 Å². The lowest BCUT2D eigenvalue weighted by Crippen LogP contribution is -2.25. The van der Waals surface area contributed by atoms with Crippen molar-refractivity contribution < 1.29 is 4.52 Å². The maximum Gasteiger partial charge on any atom is 0.151 e. The maximum absolute atomic E-state index is 5.41. The smallest absolute Gasteiger partial charge is 0.151 e. The topological polar surface area (TPSA) is 41.3 Å². The van der Waals surface area contributed by atoms with Gasteiger partial charge >= 0.3 is 0 Å². The molecule has 1 aliphatic heterocycles. The minimum absolute atomic E-state index is 0.759. The van der Waals surface area contributed by atoms with Gasteiger partial charge < -0.3 is 9.84 Å². The van der Waals surface area contributed by atoms with Gasteiger partial charge in [-0.2, -0.15) is 0 Å². The molecule has 1 aliphatic rings. The van der Waals surface area contributed by atoms with Crippen molar-refractivity contribution in [2.75, 3.05) is 20.1 Å². The molecule has 0 spiro atoms. The van der Waals surface area contributed by atoms with Crippen molar-refractivity contribution in [3.63, 3.8) is 0 Å². The summed E-state index contributed by atoms with van der Waals surface area (Å²) in [6, 6.07) is 10.8. The van der Waals surface area contributed by atoms with E-state index in [9.17, 15) is 0 Å². The molecule has 0 bridgehead atoms. The van der Waals surface area contributed by atoms with E-state index in [1.54, 1.807) is 0 Å². The largest absolute Gasteiger partial charge is 0.360 e. The molecule has 0 atom stereocenters. The number of aromatic nitrogens is 1. The second kappa shape index (κ2) is 6.20. The van der Waals surface area contributed by atoms with E-state index in [1.807, 2.05) is 7.05 Å². The van der Waals surface area contributed by atoms with Crippen LogP contribution in [0, 0.1) is 0 Å². The Kier molecular flexibility index (Phi) is 4.14. The summed E-state index contributed by atoms with van der Waals surface area (Å²) in [6.07, 6.45) is 2.24. The van der Waals surface area contributed by atoms with Crippen LogP contribution in [0.4, 0.5) is 0 Å². The molecule has 4 nitrogen and oxygen atoms in total. The fraction of sp³-hybridized carbons (Fsp3) is 0.438. The fourth-order valence-electron chi connectivity index (χ4n) is 2.79. The molecular weight excluding hydrogens is 250 g/mol. The maximum atomic E-state index is 5.41. The van der Waals surface area contributed by atoms with Gasteiger partial charge in [0, 0.05) is 25.7 Å². The van der Waals surface area contributed by atoms with Gasteiger partial charge in [0.1, 0.15) is 0 Å². The van der Waals surface area contributed by atoms with E-state index < -0.39 is 0 Å². The van der Waals surface area contributed by atoms with Gasteiger partial charge in [0.2, 0.25) is 0 Å². The zero-order valence-electron chi connectivity index (χ0n) is 11.9. The van der Waals surface area contributed by atoms with Gasteiger partial charge in [0.25, 0.3) is 0 Å². The number of hydrogen-bond acceptors (Lipinski definition) is 4. The third-order valence-corrected chi connectivity index (χ3v) is 3.86. The van der Waals surface area contributed by atoms with Crippen molar-refractivity contribution in [3.8, 4) is 0 Å². The number of hydrogen-bond donors (Lipinski definition) is 1. The average molecular weight is 271 g/mol. The molecule has 3 rings (SSSR count). The summed E-state index contributed by atoms with van der Waals surface area (Å²) in [6.45, 7) is 3.78. The molecule has 20 heavy (non-hydrogen) atoms. The van der Waals surface area contributed by atoms with Crippen LogP contribution in [-0.4, -0.2) is 30.2 Å². The number of nitrogens with zero attached hydrogens (tertiary/aromatic N) is 2. The van der Waals surface area contributed by atoms with Crippen molar-refractivity contribution in [1.82, 2.24) is 15.4 Å². The van der Waals surface area contributed by atoms with Gasteiger partial charge in [0.05, 0.1) is 12.2 Å². The Morgan fingerprint density at radius 1 is 1.20 bits per heavy atom. The summed E-state index contributed by atoms with van der Waals surface area (Å²) in [7, 11) is 1.92. The lowest BCUT2D eigenvalue weighted by Gasteiger charge is -2.17. The van der Waals surface area contributed by atoms with Gasteiger partial charge in [-0.25, -0.2) is 0 Å². The Hall–Kier alpha value is -1.65. The highest BCUT2D eigenvalue weighted by molar-refractivity contribution is 5.28. The molecule has 106 valence electrons. The Morgan fingerprint density at radius 2 is 1.90 bits per heavy atom. The van der Waals surface area contributed by atoms with Crippen LogP contribution in [-0.2, 0) is 25.9 Å². The molecule has 0 radical (unpaired) electrons. The van der Waals surface area contributed by atoms with Crippen molar-refractivity contribution in [2.24, 2.45) is 0 Å². The third kappa shape index (κ3) is 3.08. The van der Waals surface area contributed by atoms with E-state index in [2.05, 4.69) is 45.7 Å². The Balaban J connectivity index is 1.62. The number of nitrogens with one attached hydrogen (secondary N) is 1. The Morgan fingerprint density at radius 3 is 2.55 bits per heavy atom. The molecule has 4 heteroatoms. The van der Waals surface area contributed by atoms with E-state index in [4.69, 9.17) is 4.52 Å². The minimum atomic E-state index is 0.759. The average Bonchev–Trinajstić information content (AvgIpc) is 2.80. The first kappa shape index (κ1) is 13.3. The van der Waals surface area contributed by atoms with Crippen molar-refractivity contribution in [1.29, 1.82) is 0 Å². The van der Waals surface area contributed by atoms with Crippen LogP contribution in [0.15, 0.2) is 34.9 Å². The Bertz CT molecular complexity index is 537. The SMILES string of the molecule is CNCc1cc(CN2CCc3ccccc3CC2)on1. The van der Waals surface area contributed by atoms with E-state index in [1.165, 1.54) is 11.1 Å². The highest BCUT2D eigenvalue weighted by atomic mass is 16.5. The zero-order chi connectivity index (χ0) is 13.8. The predicted octanol–water partition coefficient (Wildman–Crippen LogP) is 1.99. The number of rotatable bonds is 4. The Labute approximate surface area is 119 Å². The second-order valence-corrected chi connectivity index (χ2v) is 5.36. The summed E-state index contributed by atoms with van der Waals surface area (Å²) < 4.78 is 5.41. The lowest BCUT2D eigenvalue weighted by atomic mass is 10.0. The number of benzene rings is 1. The van der Waals surface area contributed by atoms with Crippen molar-refractivity contribution in [2.45, 2.75) is 25.9 Å². The van der Waals surface area contributed by atoms with E-state index in [0.29, 0.717) is 0 Å². The molecule has 1 aromatic heterocycles. The first-order chi connectivity index (χ1) is 9.85. The fourth-order valence-corrected chi connectivity index (χ4v) is 2.79. The van der Waals surface area contributed by atoms with E-state index in [0.717, 1.165) is 50.5 Å². The molecule has 0 aliphatic carbocycles. The van der Waals surface area contributed by atoms with Crippen LogP contribution < -0.4 is 5.32 Å². The molecule has 1 aromatic carbocycles. The molecule has 0 amide bonds. The highest BCUT2D eigenvalue weighted by Crippen LogP contribution is 2.17. The third-order valence-electron chi connectivity index (χ3n) is 3.86. The van der Waals surface area contributed by atoms with Gasteiger partial charge in [0.15, 0.2) is 5.76 Å². The summed E-state index contributed by atoms with van der Waals surface area (Å²) in [5.74, 6) is 0.959. The molecule has 0 saturated carbocycles. The van der Waals surface area contributed by atoms with Crippen LogP contribution in [0.1, 0.15) is 22.6 Å². The van der Waals surface area contributed by atoms with Gasteiger partial charge in [-0.05, 0) is 31.0 Å². The zero-order valence-corrected chi connectivity index (χ0v) is 11.9. The lowest BCUT2D eigenvalue weighted by molar-refractivity contribution is 0.240. The quantitative estimate of drug-likeness (QED) is 0.923. The minimum Gasteiger partial charge on any atom is -0.360 e. The predicted molar refractivity (Wildman–Crippen MR) is 78.4 cm³/mol. The first-order valence-corrected chi connectivity index (χ1v) is 7.23. The van der Waals surface area contributed by atoms with Crippen LogP contribution >= 0.6 is 0 Å². The molecule has 2 heterocycles. The normalized spacial score (nSPS) is 15.8. The summed E-state index contributed by atoms with van der Waals surface area (Å²) in [4.78, 5) is 2.45. The second-order valence-electron chi connectivity index (χ2n) is 5.36. The molecule has 0 unspecified atom stereocenters. The van der Waals surface area contributed by atoms with Crippen molar-refractivity contribution in [3.05, 3.63) is 52.9 Å². The molecule has 2 aromatic rings. The summed E-state index contributed by atoms with van der Waals surface area (Å²) in [5.41, 5.74) is 3.95.